The number of carbonyl (C=O) groups is 2. The Bertz CT molecular complexity index is 1050. The molecule has 1 aromatic carbocycles. The van der Waals surface area contributed by atoms with Gasteiger partial charge in [-0.3, -0.25) is 0 Å². The minimum Gasteiger partial charge on any atom is -0.466 e. The Morgan fingerprint density at radius 1 is 1.17 bits per heavy atom. The maximum Gasteiger partial charge on any atom is 0.351 e. The highest BCUT2D eigenvalue weighted by Gasteiger charge is 2.31. The van der Waals surface area contributed by atoms with Crippen LogP contribution in [0.25, 0.3) is 11.0 Å². The number of methoxy groups -OCH3 is 1. The fourth-order valence-corrected chi connectivity index (χ4v) is 3.33. The van der Waals surface area contributed by atoms with Crippen molar-refractivity contribution >= 4 is 23.0 Å². The molecular weight excluding hydrogens is 370 g/mol. The van der Waals surface area contributed by atoms with Gasteiger partial charge in [-0.05, 0) is 32.8 Å². The number of rotatable bonds is 6. The lowest BCUT2D eigenvalue weighted by molar-refractivity contribution is -0.151. The molecule has 0 aliphatic heterocycles. The van der Waals surface area contributed by atoms with Crippen LogP contribution in [0, 0.1) is 0 Å². The van der Waals surface area contributed by atoms with E-state index in [0.717, 1.165) is 18.5 Å². The van der Waals surface area contributed by atoms with Gasteiger partial charge in [-0.15, -0.1) is 0 Å². The summed E-state index contributed by atoms with van der Waals surface area (Å²) in [5, 5.41) is 5.02. The van der Waals surface area contributed by atoms with Crippen LogP contribution in [0.15, 0.2) is 42.6 Å². The third-order valence-electron chi connectivity index (χ3n) is 5.03. The van der Waals surface area contributed by atoms with Crippen LogP contribution in [0.3, 0.4) is 0 Å². The van der Waals surface area contributed by atoms with Crippen LogP contribution in [0.4, 0.5) is 0 Å². The van der Waals surface area contributed by atoms with Gasteiger partial charge in [0, 0.05) is 23.2 Å². The van der Waals surface area contributed by atoms with Gasteiger partial charge in [0.25, 0.3) is 0 Å². The number of carbonyl (C=O) groups excluding carboxylic acids is 2. The van der Waals surface area contributed by atoms with Crippen molar-refractivity contribution < 1.29 is 19.1 Å². The average molecular weight is 393 g/mol. The fraction of sp³-hybridized carbons (Fsp3) is 0.364. The van der Waals surface area contributed by atoms with Crippen molar-refractivity contribution in [1.29, 1.82) is 0 Å². The summed E-state index contributed by atoms with van der Waals surface area (Å²) in [5.74, 6) is -0.871. The second-order valence-electron chi connectivity index (χ2n) is 7.51. The Morgan fingerprint density at radius 2 is 1.90 bits per heavy atom. The standard InChI is InChI=1S/C22H23N3O4/c1-13(2)25-20-17(12-23-25)16(11-18(24-20)14-9-10-14)21(26)29-19(22(27)28-3)15-7-5-4-6-8-15/h4-8,11-14,19H,9-10H2,1-3H3. The number of pyridine rings is 1. The zero-order chi connectivity index (χ0) is 20.5. The number of hydrogen-bond acceptors (Lipinski definition) is 6. The summed E-state index contributed by atoms with van der Waals surface area (Å²) < 4.78 is 12.3. The summed E-state index contributed by atoms with van der Waals surface area (Å²) >= 11 is 0. The monoisotopic (exact) mass is 393 g/mol. The van der Waals surface area contributed by atoms with Gasteiger partial charge in [0.2, 0.25) is 6.10 Å². The second-order valence-corrected chi connectivity index (χ2v) is 7.51. The number of fused-ring (bicyclic) bond motifs is 1. The number of benzene rings is 1. The number of aromatic nitrogens is 3. The van der Waals surface area contributed by atoms with Crippen molar-refractivity contribution in [1.82, 2.24) is 14.8 Å². The Kier molecular flexibility index (Phi) is 5.05. The lowest BCUT2D eigenvalue weighted by Gasteiger charge is -2.17. The van der Waals surface area contributed by atoms with Gasteiger partial charge in [-0.1, -0.05) is 30.3 Å². The molecule has 1 unspecified atom stereocenters. The maximum atomic E-state index is 13.1. The fourth-order valence-electron chi connectivity index (χ4n) is 3.33. The first-order chi connectivity index (χ1) is 14.0. The molecule has 1 aliphatic rings. The minimum atomic E-state index is -1.14. The number of nitrogens with zero attached hydrogens (tertiary/aromatic N) is 3. The molecule has 7 heteroatoms. The van der Waals surface area contributed by atoms with E-state index in [9.17, 15) is 9.59 Å². The van der Waals surface area contributed by atoms with Gasteiger partial charge >= 0.3 is 11.9 Å². The lowest BCUT2D eigenvalue weighted by Crippen LogP contribution is -2.21. The summed E-state index contributed by atoms with van der Waals surface area (Å²) in [6.45, 7) is 4.03. The maximum absolute atomic E-state index is 13.1. The van der Waals surface area contributed by atoms with Gasteiger partial charge in [0.05, 0.1) is 24.3 Å². The second kappa shape index (κ2) is 7.66. The van der Waals surface area contributed by atoms with Gasteiger partial charge in [-0.25, -0.2) is 19.3 Å². The number of hydrogen-bond donors (Lipinski definition) is 0. The van der Waals surface area contributed by atoms with E-state index in [1.165, 1.54) is 7.11 Å². The Balaban J connectivity index is 1.75. The summed E-state index contributed by atoms with van der Waals surface area (Å²) in [7, 11) is 1.27. The molecule has 0 saturated heterocycles. The van der Waals surface area contributed by atoms with Gasteiger partial charge in [0.15, 0.2) is 5.65 Å². The van der Waals surface area contributed by atoms with Crippen LogP contribution in [0.1, 0.15) is 66.4 Å². The molecule has 0 spiro atoms. The molecule has 2 heterocycles. The van der Waals surface area contributed by atoms with E-state index in [2.05, 4.69) is 5.10 Å². The van der Waals surface area contributed by atoms with Crippen LogP contribution in [-0.4, -0.2) is 33.8 Å². The molecule has 0 radical (unpaired) electrons. The van der Waals surface area contributed by atoms with E-state index in [-0.39, 0.29) is 6.04 Å². The highest BCUT2D eigenvalue weighted by atomic mass is 16.6. The van der Waals surface area contributed by atoms with Crippen molar-refractivity contribution in [2.24, 2.45) is 0 Å². The van der Waals surface area contributed by atoms with E-state index in [1.54, 1.807) is 41.2 Å². The highest BCUT2D eigenvalue weighted by Crippen LogP contribution is 2.40. The summed E-state index contributed by atoms with van der Waals surface area (Å²) in [6, 6.07) is 10.7. The van der Waals surface area contributed by atoms with Crippen molar-refractivity contribution in [3.63, 3.8) is 0 Å². The molecule has 2 aromatic heterocycles. The van der Waals surface area contributed by atoms with Gasteiger partial charge in [0.1, 0.15) is 0 Å². The quantitative estimate of drug-likeness (QED) is 0.590. The summed E-state index contributed by atoms with van der Waals surface area (Å²) in [5.41, 5.74) is 2.44. The SMILES string of the molecule is COC(=O)C(OC(=O)c1cc(C2CC2)nc2c1cnn2C(C)C)c1ccccc1. The topological polar surface area (TPSA) is 83.3 Å². The Labute approximate surface area is 168 Å². The van der Waals surface area contributed by atoms with Crippen LogP contribution in [0.5, 0.6) is 0 Å². The molecule has 3 aromatic rings. The first-order valence-electron chi connectivity index (χ1n) is 9.71. The van der Waals surface area contributed by atoms with Crippen LogP contribution in [0.2, 0.25) is 0 Å². The normalized spacial score (nSPS) is 14.8. The minimum absolute atomic E-state index is 0.102. The van der Waals surface area contributed by atoms with Crippen LogP contribution >= 0.6 is 0 Å². The third-order valence-corrected chi connectivity index (χ3v) is 5.03. The molecule has 7 nitrogen and oxygen atoms in total. The van der Waals surface area contributed by atoms with Crippen LogP contribution in [-0.2, 0) is 14.3 Å². The lowest BCUT2D eigenvalue weighted by atomic mass is 10.1. The predicted molar refractivity (Wildman–Crippen MR) is 107 cm³/mol. The molecule has 0 bridgehead atoms. The average Bonchev–Trinajstić information content (AvgIpc) is 3.49. The Morgan fingerprint density at radius 3 is 2.52 bits per heavy atom. The number of ether oxygens (including phenoxy) is 2. The first-order valence-corrected chi connectivity index (χ1v) is 9.71. The molecular formula is C22H23N3O4. The molecule has 1 atom stereocenters. The smallest absolute Gasteiger partial charge is 0.351 e. The third kappa shape index (κ3) is 3.72. The highest BCUT2D eigenvalue weighted by molar-refractivity contribution is 6.03. The summed E-state index contributed by atoms with van der Waals surface area (Å²) in [4.78, 5) is 30.2. The van der Waals surface area contributed by atoms with Crippen molar-refractivity contribution in [2.45, 2.75) is 44.8 Å². The van der Waals surface area contributed by atoms with E-state index < -0.39 is 18.0 Å². The zero-order valence-electron chi connectivity index (χ0n) is 16.7. The van der Waals surface area contributed by atoms with E-state index >= 15 is 0 Å². The van der Waals surface area contributed by atoms with E-state index in [1.807, 2.05) is 19.9 Å². The van der Waals surface area contributed by atoms with E-state index in [0.29, 0.717) is 28.1 Å². The molecule has 0 amide bonds. The largest absolute Gasteiger partial charge is 0.466 e. The van der Waals surface area contributed by atoms with Crippen molar-refractivity contribution in [2.75, 3.05) is 7.11 Å². The molecule has 29 heavy (non-hydrogen) atoms. The molecule has 150 valence electrons. The molecule has 1 aliphatic carbocycles. The molecule has 1 fully saturated rings. The molecule has 4 rings (SSSR count). The zero-order valence-corrected chi connectivity index (χ0v) is 16.7. The first kappa shape index (κ1) is 19.1. The van der Waals surface area contributed by atoms with Gasteiger partial charge < -0.3 is 9.47 Å². The predicted octanol–water partition coefficient (Wildman–Crippen LogP) is 3.96. The molecule has 1 saturated carbocycles. The van der Waals surface area contributed by atoms with Crippen LogP contribution < -0.4 is 0 Å². The Hall–Kier alpha value is -3.22. The van der Waals surface area contributed by atoms with Crippen molar-refractivity contribution in [3.05, 3.63) is 59.4 Å². The van der Waals surface area contributed by atoms with Crippen molar-refractivity contribution in [3.8, 4) is 0 Å². The summed E-state index contributed by atoms with van der Waals surface area (Å²) in [6.07, 6.45) is 2.60. The number of esters is 2. The van der Waals surface area contributed by atoms with Gasteiger partial charge in [-0.2, -0.15) is 5.10 Å². The molecule has 0 N–H and O–H groups in total. The van der Waals surface area contributed by atoms with E-state index in [4.69, 9.17) is 14.5 Å².